The van der Waals surface area contributed by atoms with Gasteiger partial charge in [0.2, 0.25) is 0 Å². The highest BCUT2D eigenvalue weighted by Crippen LogP contribution is 2.18. The summed E-state index contributed by atoms with van der Waals surface area (Å²) in [4.78, 5) is 11.4. The SMILES string of the molecule is CNC(=O)c1ccn(-c2ccc(C#N)cc2N)n1. The average Bonchev–Trinajstić information content (AvgIpc) is 2.87. The standard InChI is InChI=1S/C12H11N5O/c1-15-12(18)10-4-5-17(16-10)11-3-2-8(7-13)6-9(11)14/h2-6H,14H2,1H3,(H,15,18). The first-order valence-corrected chi connectivity index (χ1v) is 5.23. The zero-order valence-electron chi connectivity index (χ0n) is 9.71. The molecule has 0 spiro atoms. The van der Waals surface area contributed by atoms with Crippen LogP contribution in [-0.4, -0.2) is 22.7 Å². The maximum Gasteiger partial charge on any atom is 0.271 e. The van der Waals surface area contributed by atoms with E-state index in [0.29, 0.717) is 22.6 Å². The molecule has 0 saturated heterocycles. The lowest BCUT2D eigenvalue weighted by Gasteiger charge is -2.05. The molecule has 1 amide bonds. The van der Waals surface area contributed by atoms with Gasteiger partial charge in [-0.05, 0) is 24.3 Å². The van der Waals surface area contributed by atoms with E-state index in [2.05, 4.69) is 10.4 Å². The lowest BCUT2D eigenvalue weighted by Crippen LogP contribution is -2.18. The predicted octanol–water partition coefficient (Wildman–Crippen LogP) is 0.686. The third-order valence-corrected chi connectivity index (χ3v) is 2.45. The molecule has 1 aromatic heterocycles. The third kappa shape index (κ3) is 2.01. The zero-order chi connectivity index (χ0) is 13.1. The van der Waals surface area contributed by atoms with Crippen LogP contribution in [0.15, 0.2) is 30.5 Å². The number of nitrogens with zero attached hydrogens (tertiary/aromatic N) is 3. The molecular formula is C12H11N5O. The molecule has 18 heavy (non-hydrogen) atoms. The normalized spacial score (nSPS) is 9.78. The average molecular weight is 241 g/mol. The van der Waals surface area contributed by atoms with Gasteiger partial charge in [0.25, 0.3) is 5.91 Å². The Labute approximate surface area is 104 Å². The van der Waals surface area contributed by atoms with Gasteiger partial charge in [0, 0.05) is 13.2 Å². The van der Waals surface area contributed by atoms with Gasteiger partial charge in [-0.2, -0.15) is 10.4 Å². The Morgan fingerprint density at radius 3 is 2.89 bits per heavy atom. The maximum absolute atomic E-state index is 11.4. The molecule has 6 nitrogen and oxygen atoms in total. The molecule has 90 valence electrons. The molecule has 0 fully saturated rings. The monoisotopic (exact) mass is 241 g/mol. The highest BCUT2D eigenvalue weighted by Gasteiger charge is 2.09. The van der Waals surface area contributed by atoms with Crippen LogP contribution in [0.4, 0.5) is 5.69 Å². The van der Waals surface area contributed by atoms with Gasteiger partial charge in [-0.25, -0.2) is 4.68 Å². The van der Waals surface area contributed by atoms with E-state index in [1.807, 2.05) is 6.07 Å². The van der Waals surface area contributed by atoms with E-state index in [9.17, 15) is 4.79 Å². The number of benzene rings is 1. The molecule has 2 rings (SSSR count). The van der Waals surface area contributed by atoms with Crippen LogP contribution >= 0.6 is 0 Å². The third-order valence-electron chi connectivity index (χ3n) is 2.45. The van der Waals surface area contributed by atoms with Gasteiger partial charge >= 0.3 is 0 Å². The van der Waals surface area contributed by atoms with Gasteiger partial charge in [-0.15, -0.1) is 0 Å². The topological polar surface area (TPSA) is 96.7 Å². The second-order valence-electron chi connectivity index (χ2n) is 3.61. The number of amides is 1. The first-order chi connectivity index (χ1) is 8.65. The lowest BCUT2D eigenvalue weighted by atomic mass is 10.2. The van der Waals surface area contributed by atoms with Gasteiger partial charge in [0.15, 0.2) is 5.69 Å². The fourth-order valence-corrected chi connectivity index (χ4v) is 1.54. The number of aromatic nitrogens is 2. The number of nitrogen functional groups attached to an aromatic ring is 1. The molecule has 0 bridgehead atoms. The predicted molar refractivity (Wildman–Crippen MR) is 66.1 cm³/mol. The summed E-state index contributed by atoms with van der Waals surface area (Å²) in [6.07, 6.45) is 1.64. The number of anilines is 1. The van der Waals surface area contributed by atoms with Crippen molar-refractivity contribution in [3.63, 3.8) is 0 Å². The number of hydrogen-bond acceptors (Lipinski definition) is 4. The fraction of sp³-hybridized carbons (Fsp3) is 0.0833. The summed E-state index contributed by atoms with van der Waals surface area (Å²) >= 11 is 0. The highest BCUT2D eigenvalue weighted by atomic mass is 16.1. The molecule has 3 N–H and O–H groups in total. The Morgan fingerprint density at radius 2 is 2.28 bits per heavy atom. The number of hydrogen-bond donors (Lipinski definition) is 2. The summed E-state index contributed by atoms with van der Waals surface area (Å²) in [5, 5.41) is 15.4. The van der Waals surface area contributed by atoms with Crippen LogP contribution in [0.1, 0.15) is 16.1 Å². The van der Waals surface area contributed by atoms with Crippen molar-refractivity contribution in [2.24, 2.45) is 0 Å². The number of carbonyl (C=O) groups is 1. The van der Waals surface area contributed by atoms with E-state index in [-0.39, 0.29) is 5.91 Å². The molecule has 0 aliphatic carbocycles. The molecule has 0 aliphatic heterocycles. The second-order valence-corrected chi connectivity index (χ2v) is 3.61. The van der Waals surface area contributed by atoms with Crippen LogP contribution in [0, 0.1) is 11.3 Å². The van der Waals surface area contributed by atoms with Crippen molar-refractivity contribution >= 4 is 11.6 Å². The molecule has 1 aromatic carbocycles. The summed E-state index contributed by atoms with van der Waals surface area (Å²) in [5.41, 5.74) is 7.68. The number of carbonyl (C=O) groups excluding carboxylic acids is 1. The van der Waals surface area contributed by atoms with E-state index in [1.54, 1.807) is 30.5 Å². The summed E-state index contributed by atoms with van der Waals surface area (Å²) in [6, 6.07) is 8.50. The van der Waals surface area contributed by atoms with Crippen LogP contribution in [0.2, 0.25) is 0 Å². The molecule has 0 saturated carbocycles. The molecular weight excluding hydrogens is 230 g/mol. The Hall–Kier alpha value is -2.81. The smallest absolute Gasteiger partial charge is 0.271 e. The van der Waals surface area contributed by atoms with Gasteiger partial charge in [0.1, 0.15) is 0 Å². The highest BCUT2D eigenvalue weighted by molar-refractivity contribution is 5.91. The fourth-order valence-electron chi connectivity index (χ4n) is 1.54. The van der Waals surface area contributed by atoms with Crippen LogP contribution in [0.25, 0.3) is 5.69 Å². The van der Waals surface area contributed by atoms with Crippen molar-refractivity contribution in [2.45, 2.75) is 0 Å². The Kier molecular flexibility index (Phi) is 2.98. The van der Waals surface area contributed by atoms with Crippen LogP contribution in [0.5, 0.6) is 0 Å². The molecule has 1 heterocycles. The van der Waals surface area contributed by atoms with Gasteiger partial charge in [-0.1, -0.05) is 0 Å². The van der Waals surface area contributed by atoms with Gasteiger partial charge < -0.3 is 11.1 Å². The van der Waals surface area contributed by atoms with E-state index >= 15 is 0 Å². The summed E-state index contributed by atoms with van der Waals surface area (Å²) < 4.78 is 1.50. The van der Waals surface area contributed by atoms with Crippen LogP contribution in [-0.2, 0) is 0 Å². The van der Waals surface area contributed by atoms with Crippen LogP contribution < -0.4 is 11.1 Å². The van der Waals surface area contributed by atoms with Crippen molar-refractivity contribution in [3.05, 3.63) is 41.7 Å². The van der Waals surface area contributed by atoms with Gasteiger partial charge in [-0.3, -0.25) is 4.79 Å². The number of nitrogens with one attached hydrogen (secondary N) is 1. The van der Waals surface area contributed by atoms with Crippen molar-refractivity contribution < 1.29 is 4.79 Å². The Balaban J connectivity index is 2.41. The molecule has 6 heteroatoms. The summed E-state index contributed by atoms with van der Waals surface area (Å²) in [6.45, 7) is 0. The molecule has 0 unspecified atom stereocenters. The van der Waals surface area contributed by atoms with E-state index in [4.69, 9.17) is 11.0 Å². The minimum Gasteiger partial charge on any atom is -0.397 e. The molecule has 0 aliphatic rings. The van der Waals surface area contributed by atoms with Crippen molar-refractivity contribution in [1.82, 2.24) is 15.1 Å². The number of rotatable bonds is 2. The van der Waals surface area contributed by atoms with Crippen molar-refractivity contribution in [3.8, 4) is 11.8 Å². The number of nitriles is 1. The minimum absolute atomic E-state index is 0.263. The molecule has 2 aromatic rings. The minimum atomic E-state index is -0.263. The summed E-state index contributed by atoms with van der Waals surface area (Å²) in [7, 11) is 1.54. The quantitative estimate of drug-likeness (QED) is 0.756. The van der Waals surface area contributed by atoms with E-state index in [1.165, 1.54) is 11.7 Å². The number of nitrogens with two attached hydrogens (primary N) is 1. The Morgan fingerprint density at radius 1 is 1.50 bits per heavy atom. The van der Waals surface area contributed by atoms with Crippen LogP contribution in [0.3, 0.4) is 0 Å². The van der Waals surface area contributed by atoms with E-state index < -0.39 is 0 Å². The Bertz CT molecular complexity index is 638. The zero-order valence-corrected chi connectivity index (χ0v) is 9.71. The first kappa shape index (κ1) is 11.7. The van der Waals surface area contributed by atoms with E-state index in [0.717, 1.165) is 0 Å². The van der Waals surface area contributed by atoms with Gasteiger partial charge in [0.05, 0.1) is 23.0 Å². The first-order valence-electron chi connectivity index (χ1n) is 5.23. The second kappa shape index (κ2) is 4.59. The molecule has 0 atom stereocenters. The van der Waals surface area contributed by atoms with Crippen molar-refractivity contribution in [2.75, 3.05) is 12.8 Å². The maximum atomic E-state index is 11.4. The largest absolute Gasteiger partial charge is 0.397 e. The van der Waals surface area contributed by atoms with Crippen molar-refractivity contribution in [1.29, 1.82) is 5.26 Å². The summed E-state index contributed by atoms with van der Waals surface area (Å²) in [5.74, 6) is -0.263. The molecule has 0 radical (unpaired) electrons. The lowest BCUT2D eigenvalue weighted by molar-refractivity contribution is 0.0957.